The van der Waals surface area contributed by atoms with Gasteiger partial charge in [-0.15, -0.1) is 0 Å². The first-order valence-corrected chi connectivity index (χ1v) is 9.43. The summed E-state index contributed by atoms with van der Waals surface area (Å²) in [5.74, 6) is 0.182. The zero-order valence-corrected chi connectivity index (χ0v) is 20.8. The Balaban J connectivity index is 0.00000300. The largest absolute Gasteiger partial charge is 1.00 e. The Morgan fingerprint density at radius 3 is 2.41 bits per heavy atom. The van der Waals surface area contributed by atoms with E-state index >= 15 is 0 Å². The standard InChI is InChI=1S/C20H28FN6O.K/c1-20(4-5-20)28-17-10-13(15(22)11-14(17)21)19(24)16(23)12-18(25-2)27-8-6-26(3)7-9-27;/h10-12,23-24H,4-9,22H2,1-3H3;/q-1;+1/b18-12+,23-16?,24-19?;. The van der Waals surface area contributed by atoms with Gasteiger partial charge in [0.1, 0.15) is 5.60 Å². The number of likely N-dealkylation sites (N-methyl/N-ethyl adjacent to an activating group) is 1. The summed E-state index contributed by atoms with van der Waals surface area (Å²) in [7, 11) is 3.75. The number of anilines is 1. The number of hydrogen-bond acceptors (Lipinski definition) is 6. The van der Waals surface area contributed by atoms with E-state index in [1.165, 1.54) is 6.07 Å². The maximum absolute atomic E-state index is 14.2. The first-order valence-electron chi connectivity index (χ1n) is 9.43. The Hall–Kier alpha value is -0.974. The molecule has 2 fully saturated rings. The van der Waals surface area contributed by atoms with Crippen molar-refractivity contribution >= 4 is 17.1 Å². The fourth-order valence-corrected chi connectivity index (χ4v) is 3.09. The van der Waals surface area contributed by atoms with E-state index < -0.39 is 5.82 Å². The van der Waals surface area contributed by atoms with Crippen LogP contribution in [0.4, 0.5) is 10.1 Å². The first kappa shape index (κ1) is 24.3. The van der Waals surface area contributed by atoms with E-state index in [4.69, 9.17) is 21.3 Å². The molecule has 7 nitrogen and oxygen atoms in total. The molecule has 0 unspecified atom stereocenters. The van der Waals surface area contributed by atoms with E-state index in [2.05, 4.69) is 22.2 Å². The summed E-state index contributed by atoms with van der Waals surface area (Å²) in [6.45, 7) is 5.39. The van der Waals surface area contributed by atoms with Crippen molar-refractivity contribution in [3.8, 4) is 5.75 Å². The van der Waals surface area contributed by atoms with E-state index in [-0.39, 0.29) is 85.4 Å². The monoisotopic (exact) mass is 426 g/mol. The van der Waals surface area contributed by atoms with Gasteiger partial charge < -0.3 is 25.6 Å². The zero-order chi connectivity index (χ0) is 20.5. The zero-order valence-electron chi connectivity index (χ0n) is 17.7. The molecule has 1 heterocycles. The van der Waals surface area contributed by atoms with Crippen LogP contribution in [0.25, 0.3) is 5.32 Å². The molecule has 1 saturated carbocycles. The van der Waals surface area contributed by atoms with Crippen molar-refractivity contribution in [3.05, 3.63) is 40.7 Å². The molecule has 0 bridgehead atoms. The molecule has 2 aliphatic rings. The summed E-state index contributed by atoms with van der Waals surface area (Å²) in [4.78, 5) is 4.33. The molecule has 3 rings (SSSR count). The van der Waals surface area contributed by atoms with Gasteiger partial charge in [-0.05, 0) is 65.1 Å². The fourth-order valence-electron chi connectivity index (χ4n) is 3.09. The number of nitrogens with two attached hydrogens (primary N) is 1. The molecule has 1 saturated heterocycles. The Morgan fingerprint density at radius 2 is 1.86 bits per heavy atom. The van der Waals surface area contributed by atoms with Crippen LogP contribution in [0.2, 0.25) is 0 Å². The van der Waals surface area contributed by atoms with Crippen LogP contribution in [0.1, 0.15) is 25.3 Å². The molecule has 1 aliphatic heterocycles. The van der Waals surface area contributed by atoms with Crippen molar-refractivity contribution in [2.75, 3.05) is 46.0 Å². The second kappa shape index (κ2) is 9.89. The van der Waals surface area contributed by atoms with Crippen molar-refractivity contribution in [2.24, 2.45) is 0 Å². The van der Waals surface area contributed by atoms with Crippen molar-refractivity contribution in [2.45, 2.75) is 25.4 Å². The van der Waals surface area contributed by atoms with Crippen molar-refractivity contribution in [3.63, 3.8) is 0 Å². The Labute approximate surface area is 214 Å². The molecule has 9 heteroatoms. The number of nitrogen functional groups attached to an aromatic ring is 1. The molecular formula is C20H28FKN6O. The molecule has 4 N–H and O–H groups in total. The maximum atomic E-state index is 14.2. The molecule has 0 amide bonds. The Kier molecular flexibility index (Phi) is 8.29. The SMILES string of the molecule is C[N-]/C(=C\C(=N)C(=N)c1cc(OC2(C)CC2)c(F)cc1N)N1CCN(C)CC1.[K+]. The molecule has 29 heavy (non-hydrogen) atoms. The minimum atomic E-state index is -0.550. The fraction of sp³-hybridized carbons (Fsp3) is 0.500. The van der Waals surface area contributed by atoms with Gasteiger partial charge in [0.05, 0.1) is 11.4 Å². The predicted molar refractivity (Wildman–Crippen MR) is 110 cm³/mol. The number of rotatable bonds is 7. The number of hydrogen-bond donors (Lipinski definition) is 3. The second-order valence-corrected chi connectivity index (χ2v) is 7.73. The number of allylic oxidation sites excluding steroid dienone is 1. The molecule has 1 aromatic carbocycles. The smallest absolute Gasteiger partial charge is 0.484 e. The van der Waals surface area contributed by atoms with E-state index in [9.17, 15) is 4.39 Å². The number of piperazine rings is 1. The summed E-state index contributed by atoms with van der Waals surface area (Å²) in [6, 6.07) is 2.59. The van der Waals surface area contributed by atoms with Crippen LogP contribution >= 0.6 is 0 Å². The van der Waals surface area contributed by atoms with Gasteiger partial charge in [-0.1, -0.05) is 12.9 Å². The number of halogens is 1. The summed E-state index contributed by atoms with van der Waals surface area (Å²) in [5.41, 5.74) is 5.88. The summed E-state index contributed by atoms with van der Waals surface area (Å²) in [5, 5.41) is 21.0. The minimum absolute atomic E-state index is 0. The summed E-state index contributed by atoms with van der Waals surface area (Å²) >= 11 is 0. The summed E-state index contributed by atoms with van der Waals surface area (Å²) < 4.78 is 20.0. The molecule has 0 spiro atoms. The molecule has 152 valence electrons. The van der Waals surface area contributed by atoms with Gasteiger partial charge >= 0.3 is 51.4 Å². The average molecular weight is 427 g/mol. The van der Waals surface area contributed by atoms with Gasteiger partial charge in [-0.2, -0.15) is 0 Å². The van der Waals surface area contributed by atoms with Crippen LogP contribution in [0.3, 0.4) is 0 Å². The molecule has 0 radical (unpaired) electrons. The van der Waals surface area contributed by atoms with Gasteiger partial charge in [-0.3, -0.25) is 10.8 Å². The van der Waals surface area contributed by atoms with Gasteiger partial charge in [0.15, 0.2) is 11.6 Å². The van der Waals surface area contributed by atoms with E-state index in [1.54, 1.807) is 13.1 Å². The third-order valence-electron chi connectivity index (χ3n) is 5.28. The van der Waals surface area contributed by atoms with E-state index in [0.29, 0.717) is 5.82 Å². The predicted octanol–water partition coefficient (Wildman–Crippen LogP) is -0.177. The van der Waals surface area contributed by atoms with Crippen LogP contribution in [0.5, 0.6) is 5.75 Å². The Morgan fingerprint density at radius 1 is 1.24 bits per heavy atom. The van der Waals surface area contributed by atoms with E-state index in [1.807, 2.05) is 6.92 Å². The molecule has 0 aromatic heterocycles. The molecular weight excluding hydrogens is 398 g/mol. The van der Waals surface area contributed by atoms with Gasteiger partial charge in [0.2, 0.25) is 0 Å². The van der Waals surface area contributed by atoms with Crippen LogP contribution < -0.4 is 61.9 Å². The molecule has 1 aromatic rings. The minimum Gasteiger partial charge on any atom is -0.484 e. The van der Waals surface area contributed by atoms with E-state index in [0.717, 1.165) is 45.1 Å². The second-order valence-electron chi connectivity index (χ2n) is 7.73. The number of nitrogens with one attached hydrogen (secondary N) is 2. The van der Waals surface area contributed by atoms with Crippen molar-refractivity contribution in [1.29, 1.82) is 10.8 Å². The van der Waals surface area contributed by atoms with Crippen LogP contribution in [-0.4, -0.2) is 67.1 Å². The van der Waals surface area contributed by atoms with Gasteiger partial charge in [0, 0.05) is 17.3 Å². The number of ether oxygens (including phenoxy) is 1. The Bertz CT molecular complexity index is 815. The summed E-state index contributed by atoms with van der Waals surface area (Å²) in [6.07, 6.45) is 3.31. The van der Waals surface area contributed by atoms with Crippen LogP contribution in [0.15, 0.2) is 24.0 Å². The maximum Gasteiger partial charge on any atom is 1.00 e. The van der Waals surface area contributed by atoms with Crippen LogP contribution in [-0.2, 0) is 0 Å². The van der Waals surface area contributed by atoms with Crippen LogP contribution in [0, 0.1) is 16.6 Å². The third-order valence-corrected chi connectivity index (χ3v) is 5.28. The van der Waals surface area contributed by atoms with Crippen molar-refractivity contribution in [1.82, 2.24) is 9.80 Å². The first-order chi connectivity index (χ1) is 13.2. The third kappa shape index (κ3) is 6.02. The topological polar surface area (TPSA) is 104 Å². The quantitative estimate of drug-likeness (QED) is 0.320. The average Bonchev–Trinajstić information content (AvgIpc) is 3.39. The molecule has 1 aliphatic carbocycles. The van der Waals surface area contributed by atoms with Gasteiger partial charge in [-0.25, -0.2) is 4.39 Å². The van der Waals surface area contributed by atoms with Gasteiger partial charge in [0.25, 0.3) is 0 Å². The number of benzene rings is 1. The molecule has 0 atom stereocenters. The normalized spacial score (nSPS) is 18.6. The van der Waals surface area contributed by atoms with Crippen molar-refractivity contribution < 1.29 is 60.5 Å². The number of nitrogens with zero attached hydrogens (tertiary/aromatic N) is 3.